The van der Waals surface area contributed by atoms with E-state index in [0.29, 0.717) is 10.6 Å². The summed E-state index contributed by atoms with van der Waals surface area (Å²) in [7, 11) is 0. The zero-order chi connectivity index (χ0) is 22.0. The minimum atomic E-state index is -1.20. The van der Waals surface area contributed by atoms with Crippen molar-refractivity contribution < 1.29 is 19.4 Å². The van der Waals surface area contributed by atoms with Gasteiger partial charge >= 0.3 is 12.1 Å². The highest BCUT2D eigenvalue weighted by atomic mass is 35.5. The topological polar surface area (TPSA) is 75.6 Å². The van der Waals surface area contributed by atoms with E-state index in [1.54, 1.807) is 18.2 Å². The van der Waals surface area contributed by atoms with Gasteiger partial charge in [0.2, 0.25) is 0 Å². The molecule has 0 saturated heterocycles. The third-order valence-corrected chi connectivity index (χ3v) is 6.25. The summed E-state index contributed by atoms with van der Waals surface area (Å²) in [6, 6.07) is 19.7. The molecule has 2 N–H and O–H groups in total. The van der Waals surface area contributed by atoms with Crippen LogP contribution in [0.2, 0.25) is 10.0 Å². The van der Waals surface area contributed by atoms with Gasteiger partial charge in [0.25, 0.3) is 0 Å². The van der Waals surface area contributed by atoms with Crippen LogP contribution in [0.25, 0.3) is 11.1 Å². The number of carboxylic acids is 1. The van der Waals surface area contributed by atoms with Crippen LogP contribution in [-0.2, 0) is 16.0 Å². The molecule has 5 nitrogen and oxygen atoms in total. The number of carbonyl (C=O) groups is 2. The lowest BCUT2D eigenvalue weighted by atomic mass is 9.98. The molecule has 158 valence electrons. The quantitative estimate of drug-likeness (QED) is 0.512. The third-order valence-electron chi connectivity index (χ3n) is 5.39. The molecule has 3 aromatic carbocycles. The van der Waals surface area contributed by atoms with Crippen LogP contribution in [0.1, 0.15) is 22.6 Å². The average molecular weight is 456 g/mol. The lowest BCUT2D eigenvalue weighted by molar-refractivity contribution is -0.139. The summed E-state index contributed by atoms with van der Waals surface area (Å²) in [5.41, 5.74) is 4.92. The Balaban J connectivity index is 1.45. The number of halogens is 2. The summed E-state index contributed by atoms with van der Waals surface area (Å²) < 4.78 is 5.44. The Morgan fingerprint density at radius 3 is 2.16 bits per heavy atom. The number of rotatable bonds is 6. The first-order valence-electron chi connectivity index (χ1n) is 9.73. The van der Waals surface area contributed by atoms with E-state index in [-0.39, 0.29) is 24.0 Å². The standard InChI is InChI=1S/C24H19Cl2NO4/c25-20-11-5-6-14(22(20)26)12-21(23(28)29)27-24(30)31-13-19-17-9-3-1-7-15(17)16-8-2-4-10-18(16)19/h1-11,19,21H,12-13H2,(H,27,30)(H,28,29). The fourth-order valence-corrected chi connectivity index (χ4v) is 4.31. The Morgan fingerprint density at radius 2 is 1.55 bits per heavy atom. The van der Waals surface area contributed by atoms with E-state index in [9.17, 15) is 14.7 Å². The van der Waals surface area contributed by atoms with Gasteiger partial charge in [0.05, 0.1) is 10.0 Å². The smallest absolute Gasteiger partial charge is 0.407 e. The van der Waals surface area contributed by atoms with E-state index in [1.165, 1.54) is 0 Å². The van der Waals surface area contributed by atoms with Crippen LogP contribution in [0.3, 0.4) is 0 Å². The van der Waals surface area contributed by atoms with Gasteiger partial charge in [-0.15, -0.1) is 0 Å². The number of amides is 1. The lowest BCUT2D eigenvalue weighted by Gasteiger charge is -2.18. The van der Waals surface area contributed by atoms with Crippen molar-refractivity contribution in [2.75, 3.05) is 6.61 Å². The summed E-state index contributed by atoms with van der Waals surface area (Å²) in [6.07, 6.45) is -0.814. The van der Waals surface area contributed by atoms with Crippen molar-refractivity contribution in [3.63, 3.8) is 0 Å². The van der Waals surface area contributed by atoms with Gasteiger partial charge < -0.3 is 15.2 Å². The lowest BCUT2D eigenvalue weighted by Crippen LogP contribution is -2.43. The highest BCUT2D eigenvalue weighted by Gasteiger charge is 2.30. The molecule has 0 saturated carbocycles. The number of alkyl carbamates (subject to hydrolysis) is 1. The summed E-state index contributed by atoms with van der Waals surface area (Å²) in [4.78, 5) is 24.1. The van der Waals surface area contributed by atoms with Crippen LogP contribution in [0.4, 0.5) is 4.79 Å². The van der Waals surface area contributed by atoms with Crippen LogP contribution in [0, 0.1) is 0 Å². The van der Waals surface area contributed by atoms with Crippen molar-refractivity contribution in [3.05, 3.63) is 93.5 Å². The highest BCUT2D eigenvalue weighted by Crippen LogP contribution is 2.44. The van der Waals surface area contributed by atoms with E-state index >= 15 is 0 Å². The van der Waals surface area contributed by atoms with Crippen molar-refractivity contribution in [2.45, 2.75) is 18.4 Å². The molecule has 7 heteroatoms. The Labute approximate surface area is 189 Å². The fraction of sp³-hybridized carbons (Fsp3) is 0.167. The maximum Gasteiger partial charge on any atom is 0.407 e. The first-order valence-corrected chi connectivity index (χ1v) is 10.5. The number of aliphatic carboxylic acids is 1. The molecule has 0 bridgehead atoms. The van der Waals surface area contributed by atoms with Gasteiger partial charge in [0, 0.05) is 12.3 Å². The van der Waals surface area contributed by atoms with Gasteiger partial charge in [-0.05, 0) is 33.9 Å². The summed E-state index contributed by atoms with van der Waals surface area (Å²) in [5.74, 6) is -1.30. The predicted molar refractivity (Wildman–Crippen MR) is 120 cm³/mol. The molecule has 1 atom stereocenters. The summed E-state index contributed by atoms with van der Waals surface area (Å²) in [6.45, 7) is 0.101. The zero-order valence-electron chi connectivity index (χ0n) is 16.3. The fourth-order valence-electron chi connectivity index (χ4n) is 3.91. The van der Waals surface area contributed by atoms with Gasteiger partial charge in [-0.1, -0.05) is 83.9 Å². The number of nitrogens with one attached hydrogen (secondary N) is 1. The van der Waals surface area contributed by atoms with Gasteiger partial charge in [0.15, 0.2) is 0 Å². The normalized spacial score (nSPS) is 13.2. The third kappa shape index (κ3) is 4.38. The van der Waals surface area contributed by atoms with E-state index in [2.05, 4.69) is 5.32 Å². The Morgan fingerprint density at radius 1 is 0.935 bits per heavy atom. The minimum absolute atomic E-state index is 0.0150. The first kappa shape index (κ1) is 21.2. The average Bonchev–Trinajstić information content (AvgIpc) is 3.08. The van der Waals surface area contributed by atoms with Gasteiger partial charge in [-0.2, -0.15) is 0 Å². The molecule has 0 spiro atoms. The minimum Gasteiger partial charge on any atom is -0.480 e. The Bertz CT molecular complexity index is 1100. The van der Waals surface area contributed by atoms with Gasteiger partial charge in [-0.3, -0.25) is 0 Å². The molecule has 1 amide bonds. The SMILES string of the molecule is O=C(NC(Cc1cccc(Cl)c1Cl)C(=O)O)OCC1c2ccccc2-c2ccccc21. The number of ether oxygens (including phenoxy) is 1. The van der Waals surface area contributed by atoms with Crippen molar-refractivity contribution in [1.82, 2.24) is 5.32 Å². The largest absolute Gasteiger partial charge is 0.480 e. The monoisotopic (exact) mass is 455 g/mol. The first-order chi connectivity index (χ1) is 15.0. The van der Waals surface area contributed by atoms with E-state index in [4.69, 9.17) is 27.9 Å². The second kappa shape index (κ2) is 9.00. The Kier molecular flexibility index (Phi) is 6.16. The number of fused-ring (bicyclic) bond motifs is 3. The van der Waals surface area contributed by atoms with Crippen LogP contribution < -0.4 is 5.32 Å². The van der Waals surface area contributed by atoms with Crippen LogP contribution in [-0.4, -0.2) is 29.8 Å². The van der Waals surface area contributed by atoms with Crippen molar-refractivity contribution in [3.8, 4) is 11.1 Å². The number of carbonyl (C=O) groups excluding carboxylic acids is 1. The van der Waals surface area contributed by atoms with E-state index in [1.807, 2.05) is 48.5 Å². The molecule has 1 aliphatic carbocycles. The van der Waals surface area contributed by atoms with Gasteiger partial charge in [-0.25, -0.2) is 9.59 Å². The second-order valence-corrected chi connectivity index (χ2v) is 8.06. The molecule has 31 heavy (non-hydrogen) atoms. The van der Waals surface area contributed by atoms with Gasteiger partial charge in [0.1, 0.15) is 12.6 Å². The molecule has 1 unspecified atom stereocenters. The number of benzene rings is 3. The second-order valence-electron chi connectivity index (χ2n) is 7.28. The van der Waals surface area contributed by atoms with Crippen molar-refractivity contribution >= 4 is 35.3 Å². The molecule has 0 fully saturated rings. The molecule has 0 aliphatic heterocycles. The maximum absolute atomic E-state index is 12.4. The van der Waals surface area contributed by atoms with E-state index < -0.39 is 18.1 Å². The Hall–Kier alpha value is -3.02. The molecule has 1 aliphatic rings. The number of hydrogen-bond donors (Lipinski definition) is 2. The van der Waals surface area contributed by atoms with Crippen molar-refractivity contribution in [1.29, 1.82) is 0 Å². The maximum atomic E-state index is 12.4. The number of hydrogen-bond acceptors (Lipinski definition) is 3. The summed E-state index contributed by atoms with van der Waals surface area (Å²) in [5, 5.41) is 12.6. The molecule has 3 aromatic rings. The molecular weight excluding hydrogens is 437 g/mol. The molecular formula is C24H19Cl2NO4. The molecule has 4 rings (SSSR count). The summed E-state index contributed by atoms with van der Waals surface area (Å²) >= 11 is 12.1. The molecule has 0 heterocycles. The molecule has 0 radical (unpaired) electrons. The molecule has 0 aromatic heterocycles. The predicted octanol–water partition coefficient (Wildman–Crippen LogP) is 5.53. The van der Waals surface area contributed by atoms with Crippen LogP contribution in [0.5, 0.6) is 0 Å². The van der Waals surface area contributed by atoms with Crippen LogP contribution >= 0.6 is 23.2 Å². The van der Waals surface area contributed by atoms with E-state index in [0.717, 1.165) is 22.3 Å². The van der Waals surface area contributed by atoms with Crippen LogP contribution in [0.15, 0.2) is 66.7 Å². The highest BCUT2D eigenvalue weighted by molar-refractivity contribution is 6.42. The zero-order valence-corrected chi connectivity index (χ0v) is 17.9. The van der Waals surface area contributed by atoms with Crippen molar-refractivity contribution in [2.24, 2.45) is 0 Å². The number of carboxylic acid groups (broad SMARTS) is 1.